The quantitative estimate of drug-likeness (QED) is 0.679. The van der Waals surface area contributed by atoms with Crippen LogP contribution in [0.15, 0.2) is 0 Å². The molecule has 14 heavy (non-hydrogen) atoms. The fourth-order valence-corrected chi connectivity index (χ4v) is 1.57. The lowest BCUT2D eigenvalue weighted by Gasteiger charge is -2.07. The van der Waals surface area contributed by atoms with E-state index < -0.39 is 24.6 Å². The van der Waals surface area contributed by atoms with E-state index in [4.69, 9.17) is 10.8 Å². The highest BCUT2D eigenvalue weighted by Gasteiger charge is 2.25. The number of thioether (sulfide) groups is 1. The first-order valence-electron chi connectivity index (χ1n) is 3.96. The Bertz CT molecular complexity index is 186. The van der Waals surface area contributed by atoms with Gasteiger partial charge >= 0.3 is 12.1 Å². The molecule has 0 aromatic heterocycles. The predicted molar refractivity (Wildman–Crippen MR) is 48.2 cm³/mol. The molecule has 0 aliphatic rings. The molecule has 3 N–H and O–H groups in total. The van der Waals surface area contributed by atoms with Gasteiger partial charge in [-0.05, 0) is 12.2 Å². The van der Waals surface area contributed by atoms with E-state index in [1.807, 2.05) is 0 Å². The summed E-state index contributed by atoms with van der Waals surface area (Å²) in [6.07, 6.45) is -4.96. The van der Waals surface area contributed by atoms with E-state index in [9.17, 15) is 18.0 Å². The van der Waals surface area contributed by atoms with Crippen molar-refractivity contribution in [3.8, 4) is 0 Å². The van der Waals surface area contributed by atoms with Crippen LogP contribution in [0.25, 0.3) is 0 Å². The van der Waals surface area contributed by atoms with E-state index in [1.54, 1.807) is 0 Å². The molecule has 0 radical (unpaired) electrons. The molecule has 84 valence electrons. The Kier molecular flexibility index (Phi) is 5.94. The zero-order valence-electron chi connectivity index (χ0n) is 7.38. The smallest absolute Gasteiger partial charge is 0.389 e. The van der Waals surface area contributed by atoms with Crippen molar-refractivity contribution in [1.29, 1.82) is 0 Å². The molecule has 0 aliphatic carbocycles. The molecule has 0 fully saturated rings. The van der Waals surface area contributed by atoms with Crippen molar-refractivity contribution >= 4 is 17.7 Å². The molecule has 7 heteroatoms. The average molecular weight is 231 g/mol. The van der Waals surface area contributed by atoms with Crippen molar-refractivity contribution in [1.82, 2.24) is 0 Å². The number of aliphatic carboxylic acids is 1. The number of rotatable bonds is 6. The summed E-state index contributed by atoms with van der Waals surface area (Å²) in [5.41, 5.74) is 5.14. The second-order valence-electron chi connectivity index (χ2n) is 2.74. The van der Waals surface area contributed by atoms with Crippen LogP contribution in [0.4, 0.5) is 13.2 Å². The van der Waals surface area contributed by atoms with Crippen molar-refractivity contribution in [2.75, 3.05) is 11.5 Å². The summed E-state index contributed by atoms with van der Waals surface area (Å²) in [5.74, 6) is -0.707. The van der Waals surface area contributed by atoms with Gasteiger partial charge in [0.15, 0.2) is 0 Å². The Balaban J connectivity index is 3.35. The Labute approximate surface area is 83.8 Å². The third-order valence-electron chi connectivity index (χ3n) is 1.36. The lowest BCUT2D eigenvalue weighted by Crippen LogP contribution is -2.32. The zero-order valence-corrected chi connectivity index (χ0v) is 8.20. The summed E-state index contributed by atoms with van der Waals surface area (Å²) in [6.45, 7) is 0. The van der Waals surface area contributed by atoms with E-state index >= 15 is 0 Å². The monoisotopic (exact) mass is 231 g/mol. The number of halogens is 3. The van der Waals surface area contributed by atoms with Gasteiger partial charge in [0.05, 0.1) is 0 Å². The summed E-state index contributed by atoms with van der Waals surface area (Å²) in [5, 5.41) is 8.35. The number of carbonyl (C=O) groups is 1. The fourth-order valence-electron chi connectivity index (χ4n) is 0.656. The van der Waals surface area contributed by atoms with Gasteiger partial charge in [-0.1, -0.05) is 0 Å². The number of carboxylic acid groups (broad SMARTS) is 1. The highest BCUT2D eigenvalue weighted by Crippen LogP contribution is 2.22. The molecule has 0 rings (SSSR count). The van der Waals surface area contributed by atoms with Crippen molar-refractivity contribution in [2.24, 2.45) is 5.73 Å². The van der Waals surface area contributed by atoms with Crippen LogP contribution in [0.1, 0.15) is 12.8 Å². The second kappa shape index (κ2) is 6.13. The third kappa shape index (κ3) is 8.18. The minimum absolute atomic E-state index is 0.000502. The molecule has 0 amide bonds. The predicted octanol–water partition coefficient (Wildman–Crippen LogP) is 1.47. The molecule has 1 atom stereocenters. The number of carboxylic acids is 1. The molecule has 0 aromatic carbocycles. The molecule has 0 aromatic rings. The highest BCUT2D eigenvalue weighted by atomic mass is 32.2. The standard InChI is InChI=1S/C7H12F3NO2S/c8-7(9,10)2-1-3-14-4-5(11)6(12)13/h5H,1-4,11H2,(H,12,13)/t5-/m1/s1. The average Bonchev–Trinajstić information content (AvgIpc) is 2.01. The number of nitrogens with two attached hydrogens (primary N) is 1. The van der Waals surface area contributed by atoms with Crippen LogP contribution in [-0.4, -0.2) is 34.8 Å². The summed E-state index contributed by atoms with van der Waals surface area (Å²) in [7, 11) is 0. The van der Waals surface area contributed by atoms with E-state index in [2.05, 4.69) is 0 Å². The maximum Gasteiger partial charge on any atom is 0.389 e. The van der Waals surface area contributed by atoms with Crippen LogP contribution in [-0.2, 0) is 4.79 Å². The van der Waals surface area contributed by atoms with Crippen molar-refractivity contribution in [3.63, 3.8) is 0 Å². The first-order chi connectivity index (χ1) is 6.33. The maximum atomic E-state index is 11.6. The van der Waals surface area contributed by atoms with Gasteiger partial charge in [0.1, 0.15) is 6.04 Å². The van der Waals surface area contributed by atoms with E-state index in [1.165, 1.54) is 0 Å². The SMILES string of the molecule is N[C@H](CSCCCC(F)(F)F)C(=O)O. The van der Waals surface area contributed by atoms with E-state index in [-0.39, 0.29) is 17.9 Å². The van der Waals surface area contributed by atoms with Gasteiger partial charge in [-0.15, -0.1) is 0 Å². The largest absolute Gasteiger partial charge is 0.480 e. The number of hydrogen-bond acceptors (Lipinski definition) is 3. The van der Waals surface area contributed by atoms with Crippen LogP contribution < -0.4 is 5.73 Å². The molecule has 0 saturated carbocycles. The second-order valence-corrected chi connectivity index (χ2v) is 3.89. The maximum absolute atomic E-state index is 11.6. The van der Waals surface area contributed by atoms with Gasteiger partial charge in [0.25, 0.3) is 0 Å². The molecule has 0 aliphatic heterocycles. The molecule has 0 unspecified atom stereocenters. The molecular weight excluding hydrogens is 219 g/mol. The van der Waals surface area contributed by atoms with Gasteiger partial charge < -0.3 is 10.8 Å². The molecule has 0 bridgehead atoms. The summed E-state index contributed by atoms with van der Waals surface area (Å²) in [4.78, 5) is 10.2. The van der Waals surface area contributed by atoms with Crippen LogP contribution in [0.3, 0.4) is 0 Å². The molecular formula is C7H12F3NO2S. The fraction of sp³-hybridized carbons (Fsp3) is 0.857. The zero-order chi connectivity index (χ0) is 11.2. The van der Waals surface area contributed by atoms with Crippen molar-refractivity contribution in [3.05, 3.63) is 0 Å². The molecule has 0 saturated heterocycles. The van der Waals surface area contributed by atoms with Crippen LogP contribution in [0.2, 0.25) is 0 Å². The number of alkyl halides is 3. The molecule has 0 heterocycles. The normalized spacial score (nSPS) is 14.0. The molecule has 3 nitrogen and oxygen atoms in total. The minimum atomic E-state index is -4.13. The summed E-state index contributed by atoms with van der Waals surface area (Å²) >= 11 is 1.12. The first kappa shape index (κ1) is 13.6. The van der Waals surface area contributed by atoms with Gasteiger partial charge in [-0.3, -0.25) is 4.79 Å². The highest BCUT2D eigenvalue weighted by molar-refractivity contribution is 7.99. The minimum Gasteiger partial charge on any atom is -0.480 e. The summed E-state index contributed by atoms with van der Waals surface area (Å²) in [6, 6.07) is -0.995. The van der Waals surface area contributed by atoms with Crippen LogP contribution in [0, 0.1) is 0 Å². The summed E-state index contributed by atoms with van der Waals surface area (Å²) < 4.78 is 34.9. The van der Waals surface area contributed by atoms with Crippen LogP contribution >= 0.6 is 11.8 Å². The van der Waals surface area contributed by atoms with Crippen molar-refractivity contribution in [2.45, 2.75) is 25.1 Å². The Hall–Kier alpha value is -0.430. The third-order valence-corrected chi connectivity index (χ3v) is 2.54. The van der Waals surface area contributed by atoms with E-state index in [0.717, 1.165) is 11.8 Å². The Morgan fingerprint density at radius 3 is 2.50 bits per heavy atom. The topological polar surface area (TPSA) is 63.3 Å². The lowest BCUT2D eigenvalue weighted by atomic mass is 10.3. The van der Waals surface area contributed by atoms with Gasteiger partial charge in [0.2, 0.25) is 0 Å². The van der Waals surface area contributed by atoms with Gasteiger partial charge in [0, 0.05) is 12.2 Å². The Morgan fingerprint density at radius 2 is 2.07 bits per heavy atom. The van der Waals surface area contributed by atoms with Gasteiger partial charge in [-0.2, -0.15) is 24.9 Å². The van der Waals surface area contributed by atoms with Gasteiger partial charge in [-0.25, -0.2) is 0 Å². The Morgan fingerprint density at radius 1 is 1.50 bits per heavy atom. The van der Waals surface area contributed by atoms with Crippen molar-refractivity contribution < 1.29 is 23.1 Å². The lowest BCUT2D eigenvalue weighted by molar-refractivity contribution is -0.138. The molecule has 0 spiro atoms. The number of hydrogen-bond donors (Lipinski definition) is 2. The van der Waals surface area contributed by atoms with E-state index in [0.29, 0.717) is 0 Å². The van der Waals surface area contributed by atoms with Crippen LogP contribution in [0.5, 0.6) is 0 Å². The first-order valence-corrected chi connectivity index (χ1v) is 5.11.